The Kier molecular flexibility index (Phi) is 3.64. The van der Waals surface area contributed by atoms with Crippen LogP contribution in [0.1, 0.15) is 10.4 Å². The molecule has 0 bridgehead atoms. The minimum Gasteiger partial charge on any atom is -0.439 e. The van der Waals surface area contributed by atoms with E-state index in [-0.39, 0.29) is 0 Å². The zero-order valence-corrected chi connectivity index (χ0v) is 8.23. The molecule has 4 heteroatoms. The molecule has 0 radical (unpaired) electrons. The van der Waals surface area contributed by atoms with Gasteiger partial charge in [-0.25, -0.2) is 4.79 Å². The molecule has 0 aliphatic carbocycles. The molecule has 1 aromatic rings. The van der Waals surface area contributed by atoms with Gasteiger partial charge in [-0.3, -0.25) is 4.79 Å². The third-order valence-corrected chi connectivity index (χ3v) is 1.74. The van der Waals surface area contributed by atoms with Crippen molar-refractivity contribution in [2.45, 2.75) is 5.01 Å². The molecule has 0 saturated heterocycles. The fourth-order valence-corrected chi connectivity index (χ4v) is 0.942. The quantitative estimate of drug-likeness (QED) is 0.461. The van der Waals surface area contributed by atoms with Gasteiger partial charge in [-0.05, 0) is 28.1 Å². The number of rotatable bonds is 3. The molecule has 1 rings (SSSR count). The molecule has 0 aliphatic rings. The smallest absolute Gasteiger partial charge is 0.339 e. The first-order valence-corrected chi connectivity index (χ1v) is 4.51. The molecule has 0 spiro atoms. The van der Waals surface area contributed by atoms with Crippen LogP contribution in [0.3, 0.4) is 0 Å². The maximum absolute atomic E-state index is 11.2. The maximum atomic E-state index is 11.2. The summed E-state index contributed by atoms with van der Waals surface area (Å²) < 4.78 is 4.70. The molecular weight excluding hydrogens is 236 g/mol. The van der Waals surface area contributed by atoms with Gasteiger partial charge in [0.25, 0.3) is 0 Å². The first kappa shape index (κ1) is 9.92. The zero-order valence-electron chi connectivity index (χ0n) is 6.64. The summed E-state index contributed by atoms with van der Waals surface area (Å²) in [6.45, 7) is 0. The van der Waals surface area contributed by atoms with E-state index in [9.17, 15) is 9.59 Å². The Morgan fingerprint density at radius 1 is 1.38 bits per heavy atom. The summed E-state index contributed by atoms with van der Waals surface area (Å²) in [7, 11) is 0. The van der Waals surface area contributed by atoms with Crippen molar-refractivity contribution in [3.05, 3.63) is 35.9 Å². The molecule has 13 heavy (non-hydrogen) atoms. The van der Waals surface area contributed by atoms with Crippen LogP contribution in [-0.4, -0.2) is 17.3 Å². The number of carbonyl (C=O) groups is 2. The van der Waals surface area contributed by atoms with E-state index < -0.39 is 11.0 Å². The van der Waals surface area contributed by atoms with Crippen LogP contribution in [0.2, 0.25) is 0 Å². The second-order valence-corrected chi connectivity index (χ2v) is 3.16. The third kappa shape index (κ3) is 2.99. The van der Waals surface area contributed by atoms with Crippen molar-refractivity contribution in [2.24, 2.45) is 0 Å². The predicted octanol–water partition coefficient (Wildman–Crippen LogP) is 1.76. The molecule has 0 heterocycles. The molecule has 1 atom stereocenters. The molecule has 0 N–H and O–H groups in total. The van der Waals surface area contributed by atoms with Crippen LogP contribution in [0.5, 0.6) is 0 Å². The normalized spacial score (nSPS) is 11.8. The largest absolute Gasteiger partial charge is 0.439 e. The van der Waals surface area contributed by atoms with Crippen LogP contribution in [-0.2, 0) is 9.53 Å². The Hall–Kier alpha value is -1.16. The van der Waals surface area contributed by atoms with Crippen molar-refractivity contribution < 1.29 is 14.3 Å². The summed E-state index contributed by atoms with van der Waals surface area (Å²) in [4.78, 5) is 21.4. The summed E-state index contributed by atoms with van der Waals surface area (Å²) in [5.74, 6) is -0.519. The van der Waals surface area contributed by atoms with Crippen molar-refractivity contribution in [3.63, 3.8) is 0 Å². The Morgan fingerprint density at radius 2 is 2.00 bits per heavy atom. The topological polar surface area (TPSA) is 43.4 Å². The molecule has 0 fully saturated rings. The summed E-state index contributed by atoms with van der Waals surface area (Å²) in [5, 5.41) is -0.875. The first-order chi connectivity index (χ1) is 6.24. The maximum Gasteiger partial charge on any atom is 0.339 e. The summed E-state index contributed by atoms with van der Waals surface area (Å²) in [6.07, 6.45) is 0.501. The van der Waals surface area contributed by atoms with E-state index in [0.717, 1.165) is 0 Å². The first-order valence-electron chi connectivity index (χ1n) is 3.59. The van der Waals surface area contributed by atoms with E-state index in [2.05, 4.69) is 15.9 Å². The van der Waals surface area contributed by atoms with Gasteiger partial charge in [0.15, 0.2) is 6.29 Å². The van der Waals surface area contributed by atoms with E-state index >= 15 is 0 Å². The van der Waals surface area contributed by atoms with E-state index in [1.807, 2.05) is 0 Å². The van der Waals surface area contributed by atoms with Gasteiger partial charge in [0.2, 0.25) is 5.01 Å². The average molecular weight is 243 g/mol. The van der Waals surface area contributed by atoms with E-state index in [0.29, 0.717) is 11.8 Å². The van der Waals surface area contributed by atoms with Crippen molar-refractivity contribution in [1.29, 1.82) is 0 Å². The van der Waals surface area contributed by atoms with Gasteiger partial charge < -0.3 is 4.74 Å². The highest BCUT2D eigenvalue weighted by atomic mass is 79.9. The second-order valence-electron chi connectivity index (χ2n) is 2.26. The Morgan fingerprint density at radius 3 is 2.54 bits per heavy atom. The van der Waals surface area contributed by atoms with Crippen LogP contribution < -0.4 is 0 Å². The number of alkyl halides is 1. The van der Waals surface area contributed by atoms with Crippen molar-refractivity contribution >= 4 is 28.2 Å². The van der Waals surface area contributed by atoms with E-state index in [1.165, 1.54) is 0 Å². The molecule has 3 nitrogen and oxygen atoms in total. The number of esters is 1. The van der Waals surface area contributed by atoms with Gasteiger partial charge in [0, 0.05) is 0 Å². The number of hydrogen-bond donors (Lipinski definition) is 0. The van der Waals surface area contributed by atoms with E-state index in [1.54, 1.807) is 30.3 Å². The van der Waals surface area contributed by atoms with Crippen molar-refractivity contribution in [3.8, 4) is 0 Å². The van der Waals surface area contributed by atoms with Crippen LogP contribution >= 0.6 is 15.9 Å². The molecular formula is C9H7BrO3. The molecule has 0 aromatic heterocycles. The van der Waals surface area contributed by atoms with Gasteiger partial charge in [0.05, 0.1) is 5.56 Å². The Balaban J connectivity index is 2.64. The van der Waals surface area contributed by atoms with Gasteiger partial charge >= 0.3 is 5.97 Å². The van der Waals surface area contributed by atoms with Crippen LogP contribution in [0.15, 0.2) is 30.3 Å². The molecule has 0 aliphatic heterocycles. The standard InChI is InChI=1S/C9H7BrO3/c10-8(6-11)13-9(12)7-4-2-1-3-5-7/h1-6,8H. The Bertz CT molecular complexity index is 297. The van der Waals surface area contributed by atoms with Gasteiger partial charge in [-0.15, -0.1) is 0 Å². The fraction of sp³-hybridized carbons (Fsp3) is 0.111. The summed E-state index contributed by atoms with van der Waals surface area (Å²) in [5.41, 5.74) is 0.425. The highest BCUT2D eigenvalue weighted by Crippen LogP contribution is 2.05. The minimum atomic E-state index is -0.875. The lowest BCUT2D eigenvalue weighted by Crippen LogP contribution is -2.13. The van der Waals surface area contributed by atoms with Gasteiger partial charge in [-0.2, -0.15) is 0 Å². The van der Waals surface area contributed by atoms with Gasteiger partial charge in [0.1, 0.15) is 0 Å². The lowest BCUT2D eigenvalue weighted by molar-refractivity contribution is -0.111. The number of ether oxygens (including phenoxy) is 1. The molecule has 1 unspecified atom stereocenters. The third-order valence-electron chi connectivity index (χ3n) is 1.34. The molecule has 1 aromatic carbocycles. The molecule has 68 valence electrons. The number of carbonyl (C=O) groups excluding carboxylic acids is 2. The number of aldehydes is 1. The number of benzene rings is 1. The zero-order chi connectivity index (χ0) is 9.68. The summed E-state index contributed by atoms with van der Waals surface area (Å²) >= 11 is 2.86. The second kappa shape index (κ2) is 4.77. The van der Waals surface area contributed by atoms with Crippen LogP contribution in [0.4, 0.5) is 0 Å². The Labute approximate surface area is 83.8 Å². The summed E-state index contributed by atoms with van der Waals surface area (Å²) in [6, 6.07) is 8.48. The predicted molar refractivity (Wildman–Crippen MR) is 50.6 cm³/mol. The highest BCUT2D eigenvalue weighted by molar-refractivity contribution is 9.09. The van der Waals surface area contributed by atoms with Crippen molar-refractivity contribution in [2.75, 3.05) is 0 Å². The van der Waals surface area contributed by atoms with Gasteiger partial charge in [-0.1, -0.05) is 18.2 Å². The lowest BCUT2D eigenvalue weighted by Gasteiger charge is -2.04. The minimum absolute atomic E-state index is 0.425. The van der Waals surface area contributed by atoms with Crippen LogP contribution in [0, 0.1) is 0 Å². The fourth-order valence-electron chi connectivity index (χ4n) is 0.772. The number of hydrogen-bond acceptors (Lipinski definition) is 3. The average Bonchev–Trinajstić information content (AvgIpc) is 2.19. The molecule has 0 saturated carbocycles. The van der Waals surface area contributed by atoms with E-state index in [4.69, 9.17) is 4.74 Å². The lowest BCUT2D eigenvalue weighted by atomic mass is 10.2. The molecule has 0 amide bonds. The highest BCUT2D eigenvalue weighted by Gasteiger charge is 2.10. The van der Waals surface area contributed by atoms with Crippen LogP contribution in [0.25, 0.3) is 0 Å². The van der Waals surface area contributed by atoms with Crippen molar-refractivity contribution in [1.82, 2.24) is 0 Å². The monoisotopic (exact) mass is 242 g/mol. The SMILES string of the molecule is O=CC(Br)OC(=O)c1ccccc1. The number of halogens is 1.